The van der Waals surface area contributed by atoms with Crippen molar-refractivity contribution in [3.05, 3.63) is 12.7 Å². The summed E-state index contributed by atoms with van der Waals surface area (Å²) in [7, 11) is 0. The summed E-state index contributed by atoms with van der Waals surface area (Å²) in [6.45, 7) is 3.10. The molecule has 5 nitrogen and oxygen atoms in total. The van der Waals surface area contributed by atoms with Gasteiger partial charge in [-0.05, 0) is 6.42 Å². The van der Waals surface area contributed by atoms with Gasteiger partial charge in [0.05, 0.1) is 12.7 Å². The first kappa shape index (κ1) is 11.6. The molecular weight excluding hydrogens is 188 g/mol. The third-order valence-electron chi connectivity index (χ3n) is 2.39. The van der Waals surface area contributed by atoms with Gasteiger partial charge >= 0.3 is 0 Å². The highest BCUT2D eigenvalue weighted by Gasteiger charge is 2.42. The number of aliphatic hydroxyl groups is 4. The molecule has 1 rings (SSSR count). The maximum absolute atomic E-state index is 9.49. The first-order valence-electron chi connectivity index (χ1n) is 4.53. The molecule has 0 aromatic carbocycles. The lowest BCUT2D eigenvalue weighted by Crippen LogP contribution is -2.58. The highest BCUT2D eigenvalue weighted by atomic mass is 16.5. The molecule has 1 saturated heterocycles. The molecule has 1 heterocycles. The molecule has 1 fully saturated rings. The third kappa shape index (κ3) is 2.13. The molecule has 0 bridgehead atoms. The normalized spacial score (nSPS) is 43.6. The van der Waals surface area contributed by atoms with Crippen LogP contribution in [0.5, 0.6) is 0 Å². The molecule has 0 aromatic heterocycles. The summed E-state index contributed by atoms with van der Waals surface area (Å²) in [6.07, 6.45) is -3.25. The monoisotopic (exact) mass is 204 g/mol. The standard InChI is InChI=1S/C9H16O5/c1-2-3-5-7(11)9(13)8(12)6(4-10)14-5/h2,5-13H,1,3-4H2/t5-,6-,7+,8+,9-/m1/s1. The van der Waals surface area contributed by atoms with Gasteiger partial charge in [0.25, 0.3) is 0 Å². The minimum atomic E-state index is -1.29. The fourth-order valence-corrected chi connectivity index (χ4v) is 1.54. The van der Waals surface area contributed by atoms with Crippen molar-refractivity contribution in [1.82, 2.24) is 0 Å². The van der Waals surface area contributed by atoms with Crippen LogP contribution in [0.3, 0.4) is 0 Å². The van der Waals surface area contributed by atoms with Crippen molar-refractivity contribution in [1.29, 1.82) is 0 Å². The first-order valence-corrected chi connectivity index (χ1v) is 4.53. The Kier molecular flexibility index (Phi) is 4.03. The molecule has 4 N–H and O–H groups in total. The van der Waals surface area contributed by atoms with E-state index >= 15 is 0 Å². The van der Waals surface area contributed by atoms with Crippen LogP contribution in [0.2, 0.25) is 0 Å². The van der Waals surface area contributed by atoms with Crippen molar-refractivity contribution in [2.24, 2.45) is 0 Å². The molecule has 1 aliphatic heterocycles. The van der Waals surface area contributed by atoms with Crippen LogP contribution in [0, 0.1) is 0 Å². The zero-order valence-electron chi connectivity index (χ0n) is 7.78. The van der Waals surface area contributed by atoms with Gasteiger partial charge in [-0.25, -0.2) is 0 Å². The fraction of sp³-hybridized carbons (Fsp3) is 0.778. The largest absolute Gasteiger partial charge is 0.394 e. The van der Waals surface area contributed by atoms with Crippen LogP contribution in [-0.4, -0.2) is 57.6 Å². The average Bonchev–Trinajstić information content (AvgIpc) is 2.19. The highest BCUT2D eigenvalue weighted by Crippen LogP contribution is 2.22. The summed E-state index contributed by atoms with van der Waals surface area (Å²) in [5, 5.41) is 37.1. The molecule has 5 heteroatoms. The van der Waals surface area contributed by atoms with Crippen molar-refractivity contribution < 1.29 is 25.2 Å². The Labute approximate surface area is 82.3 Å². The van der Waals surface area contributed by atoms with Gasteiger partial charge in [-0.15, -0.1) is 6.58 Å². The van der Waals surface area contributed by atoms with E-state index in [9.17, 15) is 15.3 Å². The first-order chi connectivity index (χ1) is 6.61. The number of hydrogen-bond acceptors (Lipinski definition) is 5. The molecule has 0 radical (unpaired) electrons. The Morgan fingerprint density at radius 3 is 2.14 bits per heavy atom. The van der Waals surface area contributed by atoms with Crippen molar-refractivity contribution in [3.63, 3.8) is 0 Å². The van der Waals surface area contributed by atoms with Gasteiger partial charge in [-0.1, -0.05) is 6.08 Å². The molecular formula is C9H16O5. The molecule has 0 spiro atoms. The second kappa shape index (κ2) is 4.86. The third-order valence-corrected chi connectivity index (χ3v) is 2.39. The molecule has 5 atom stereocenters. The second-order valence-electron chi connectivity index (χ2n) is 3.39. The number of hydrogen-bond donors (Lipinski definition) is 4. The lowest BCUT2D eigenvalue weighted by atomic mass is 9.94. The Hall–Kier alpha value is -0.460. The predicted molar refractivity (Wildman–Crippen MR) is 48.6 cm³/mol. The van der Waals surface area contributed by atoms with E-state index in [2.05, 4.69) is 6.58 Å². The summed E-state index contributed by atoms with van der Waals surface area (Å²) >= 11 is 0. The smallest absolute Gasteiger partial charge is 0.111 e. The van der Waals surface area contributed by atoms with E-state index in [1.54, 1.807) is 6.08 Å². The summed E-state index contributed by atoms with van der Waals surface area (Å²) in [4.78, 5) is 0. The van der Waals surface area contributed by atoms with Gasteiger partial charge < -0.3 is 25.2 Å². The van der Waals surface area contributed by atoms with Crippen molar-refractivity contribution in [3.8, 4) is 0 Å². The molecule has 82 valence electrons. The van der Waals surface area contributed by atoms with Crippen molar-refractivity contribution >= 4 is 0 Å². The number of rotatable bonds is 3. The van der Waals surface area contributed by atoms with Crippen LogP contribution in [0.1, 0.15) is 6.42 Å². The average molecular weight is 204 g/mol. The Morgan fingerprint density at radius 1 is 1.07 bits per heavy atom. The van der Waals surface area contributed by atoms with E-state index in [1.807, 2.05) is 0 Å². The number of aliphatic hydroxyl groups excluding tert-OH is 4. The topological polar surface area (TPSA) is 90.2 Å². The molecule has 0 saturated carbocycles. The van der Waals surface area contributed by atoms with Crippen LogP contribution in [0.25, 0.3) is 0 Å². The molecule has 14 heavy (non-hydrogen) atoms. The Bertz CT molecular complexity index is 194. The summed E-state index contributed by atoms with van der Waals surface area (Å²) < 4.78 is 5.19. The summed E-state index contributed by atoms with van der Waals surface area (Å²) in [5.41, 5.74) is 0. The summed E-state index contributed by atoms with van der Waals surface area (Å²) in [6, 6.07) is 0. The van der Waals surface area contributed by atoms with E-state index in [0.717, 1.165) is 0 Å². The van der Waals surface area contributed by atoms with Crippen LogP contribution in [0.4, 0.5) is 0 Å². The number of ether oxygens (including phenoxy) is 1. The van der Waals surface area contributed by atoms with E-state index in [0.29, 0.717) is 6.42 Å². The van der Waals surface area contributed by atoms with Gasteiger partial charge in [0.1, 0.15) is 24.4 Å². The minimum Gasteiger partial charge on any atom is -0.394 e. The molecule has 0 amide bonds. The van der Waals surface area contributed by atoms with E-state index in [-0.39, 0.29) is 0 Å². The molecule has 1 aliphatic rings. The SMILES string of the molecule is C=CC[C@H]1O[C@H](CO)[C@H](O)[C@H](O)[C@H]1O. The van der Waals surface area contributed by atoms with Crippen LogP contribution in [-0.2, 0) is 4.74 Å². The Morgan fingerprint density at radius 2 is 1.64 bits per heavy atom. The van der Waals surface area contributed by atoms with Gasteiger partial charge in [0.15, 0.2) is 0 Å². The van der Waals surface area contributed by atoms with E-state index < -0.39 is 37.1 Å². The molecule has 0 unspecified atom stereocenters. The predicted octanol–water partition coefficient (Wildman–Crippen LogP) is -1.60. The van der Waals surface area contributed by atoms with Gasteiger partial charge in [-0.2, -0.15) is 0 Å². The van der Waals surface area contributed by atoms with Gasteiger partial charge in [-0.3, -0.25) is 0 Å². The summed E-state index contributed by atoms with van der Waals surface area (Å²) in [5.74, 6) is 0. The van der Waals surface area contributed by atoms with Crippen LogP contribution < -0.4 is 0 Å². The van der Waals surface area contributed by atoms with E-state index in [1.165, 1.54) is 0 Å². The maximum Gasteiger partial charge on any atom is 0.111 e. The molecule has 0 aliphatic carbocycles. The van der Waals surface area contributed by atoms with Crippen LogP contribution >= 0.6 is 0 Å². The zero-order valence-corrected chi connectivity index (χ0v) is 7.78. The van der Waals surface area contributed by atoms with Crippen molar-refractivity contribution in [2.75, 3.05) is 6.61 Å². The Balaban J connectivity index is 2.67. The van der Waals surface area contributed by atoms with E-state index in [4.69, 9.17) is 9.84 Å². The lowest BCUT2D eigenvalue weighted by Gasteiger charge is -2.39. The van der Waals surface area contributed by atoms with Gasteiger partial charge in [0, 0.05) is 0 Å². The quantitative estimate of drug-likeness (QED) is 0.416. The highest BCUT2D eigenvalue weighted by molar-refractivity contribution is 4.94. The minimum absolute atomic E-state index is 0.363. The maximum atomic E-state index is 9.49. The zero-order chi connectivity index (χ0) is 10.7. The lowest BCUT2D eigenvalue weighted by molar-refractivity contribution is -0.227. The molecule has 0 aromatic rings. The fourth-order valence-electron chi connectivity index (χ4n) is 1.54. The second-order valence-corrected chi connectivity index (χ2v) is 3.39. The van der Waals surface area contributed by atoms with Crippen molar-refractivity contribution in [2.45, 2.75) is 36.9 Å². The van der Waals surface area contributed by atoms with Crippen LogP contribution in [0.15, 0.2) is 12.7 Å². The van der Waals surface area contributed by atoms with Gasteiger partial charge in [0.2, 0.25) is 0 Å².